The van der Waals surface area contributed by atoms with Crippen molar-refractivity contribution in [2.75, 3.05) is 18.1 Å². The fourth-order valence-corrected chi connectivity index (χ4v) is 4.59. The summed E-state index contributed by atoms with van der Waals surface area (Å²) in [4.78, 5) is 26.1. The van der Waals surface area contributed by atoms with Crippen LogP contribution in [0, 0.1) is 17.2 Å². The predicted molar refractivity (Wildman–Crippen MR) is 103 cm³/mol. The Morgan fingerprint density at radius 2 is 2.10 bits per heavy atom. The average molecular weight is 417 g/mol. The van der Waals surface area contributed by atoms with Crippen LogP contribution in [0.2, 0.25) is 0 Å². The molecule has 9 nitrogen and oxygen atoms in total. The van der Waals surface area contributed by atoms with E-state index in [1.165, 1.54) is 12.1 Å². The summed E-state index contributed by atoms with van der Waals surface area (Å²) in [5, 5.41) is 8.96. The fourth-order valence-electron chi connectivity index (χ4n) is 3.30. The molecule has 2 aliphatic rings. The van der Waals surface area contributed by atoms with Crippen LogP contribution in [0.15, 0.2) is 39.8 Å². The van der Waals surface area contributed by atoms with Gasteiger partial charge >= 0.3 is 5.97 Å². The lowest BCUT2D eigenvalue weighted by Crippen LogP contribution is -2.51. The Kier molecular flexibility index (Phi) is 5.81. The van der Waals surface area contributed by atoms with Crippen molar-refractivity contribution in [3.63, 3.8) is 0 Å². The molecule has 0 bridgehead atoms. The van der Waals surface area contributed by atoms with Crippen molar-refractivity contribution in [2.45, 2.75) is 30.6 Å². The molecule has 1 aromatic rings. The largest absolute Gasteiger partial charge is 0.454 e. The third-order valence-corrected chi connectivity index (χ3v) is 6.12. The number of hydrogen-bond donors (Lipinski definition) is 1. The van der Waals surface area contributed by atoms with Gasteiger partial charge in [-0.3, -0.25) is 4.79 Å². The Morgan fingerprint density at radius 1 is 1.34 bits per heavy atom. The molecule has 1 fully saturated rings. The molecule has 1 atom stereocenters. The minimum Gasteiger partial charge on any atom is -0.454 e. The van der Waals surface area contributed by atoms with Crippen molar-refractivity contribution in [1.29, 1.82) is 5.26 Å². The third-order valence-electron chi connectivity index (χ3n) is 4.79. The van der Waals surface area contributed by atoms with E-state index >= 15 is 0 Å². The maximum Gasteiger partial charge on any atom is 0.338 e. The van der Waals surface area contributed by atoms with E-state index in [0.29, 0.717) is 24.5 Å². The summed E-state index contributed by atoms with van der Waals surface area (Å²) in [6.45, 7) is 3.48. The minimum atomic E-state index is -3.94. The molecule has 0 radical (unpaired) electrons. The number of nitrogens with zero attached hydrogens (tertiary/aromatic N) is 3. The van der Waals surface area contributed by atoms with Gasteiger partial charge in [0.2, 0.25) is 0 Å². The van der Waals surface area contributed by atoms with Gasteiger partial charge in [-0.2, -0.15) is 13.7 Å². The van der Waals surface area contributed by atoms with Crippen LogP contribution in [0.3, 0.4) is 0 Å². The maximum atomic E-state index is 12.6. The molecule has 0 amide bonds. The summed E-state index contributed by atoms with van der Waals surface area (Å²) >= 11 is 0. The highest BCUT2D eigenvalue weighted by molar-refractivity contribution is 7.90. The highest BCUT2D eigenvalue weighted by Crippen LogP contribution is 2.35. The van der Waals surface area contributed by atoms with Crippen LogP contribution in [0.25, 0.3) is 0 Å². The number of anilines is 1. The molecule has 2 aliphatic heterocycles. The monoisotopic (exact) mass is 417 g/mol. The van der Waals surface area contributed by atoms with Crippen molar-refractivity contribution < 1.29 is 28.5 Å². The molecular formula is C19H21N4O5S+. The number of fused-ring (bicyclic) bond motifs is 3. The number of ketones is 1. The van der Waals surface area contributed by atoms with Gasteiger partial charge in [-0.1, -0.05) is 6.42 Å². The van der Waals surface area contributed by atoms with Crippen LogP contribution in [-0.4, -0.2) is 39.2 Å². The highest BCUT2D eigenvalue weighted by atomic mass is 32.2. The molecule has 0 spiro atoms. The van der Waals surface area contributed by atoms with Crippen molar-refractivity contribution in [1.82, 2.24) is 0 Å². The van der Waals surface area contributed by atoms with Crippen LogP contribution in [0.1, 0.15) is 36.0 Å². The van der Waals surface area contributed by atoms with Crippen molar-refractivity contribution >= 4 is 33.3 Å². The van der Waals surface area contributed by atoms with Gasteiger partial charge in [-0.25, -0.2) is 4.79 Å². The van der Waals surface area contributed by atoms with Crippen LogP contribution in [0.4, 0.5) is 5.69 Å². The number of sulfonamides is 1. The number of amidine groups is 1. The molecule has 1 aromatic carbocycles. The summed E-state index contributed by atoms with van der Waals surface area (Å²) < 4.78 is 34.1. The summed E-state index contributed by atoms with van der Waals surface area (Å²) in [7, 11) is -3.94. The molecule has 10 heteroatoms. The van der Waals surface area contributed by atoms with Gasteiger partial charge in [0.25, 0.3) is 10.0 Å². The van der Waals surface area contributed by atoms with Crippen LogP contribution >= 0.6 is 0 Å². The van der Waals surface area contributed by atoms with E-state index in [-0.39, 0.29) is 16.2 Å². The second-order valence-corrected chi connectivity index (χ2v) is 8.46. The Balaban J connectivity index is 1.83. The van der Waals surface area contributed by atoms with E-state index in [1.807, 2.05) is 4.90 Å². The third kappa shape index (κ3) is 4.21. The number of allylic oxidation sites excluding steroid dienone is 1. The first-order valence-corrected chi connectivity index (χ1v) is 10.5. The van der Waals surface area contributed by atoms with Gasteiger partial charge in [-0.15, -0.1) is 4.40 Å². The van der Waals surface area contributed by atoms with E-state index < -0.39 is 34.3 Å². The first kappa shape index (κ1) is 20.7. The summed E-state index contributed by atoms with van der Waals surface area (Å²) in [6.07, 6.45) is 3.37. The predicted octanol–water partition coefficient (Wildman–Crippen LogP) is 0.789. The minimum absolute atomic E-state index is 0.0180. The standard InChI is InChI=1S/C19H20N4O5S/c1-12(21)14(10-20)16(24)11-28-19(25)13-6-7-15-17(9-13)29(26,27)22-18-5-3-2-4-8-23(15)18/h6-7,9,14H,1-5,8,11,21H2/p+1/t14-/m1/s1. The van der Waals surface area contributed by atoms with Crippen molar-refractivity contribution in [2.24, 2.45) is 10.3 Å². The van der Waals surface area contributed by atoms with Crippen LogP contribution < -0.4 is 10.6 Å². The van der Waals surface area contributed by atoms with Gasteiger partial charge < -0.3 is 15.4 Å². The van der Waals surface area contributed by atoms with E-state index in [4.69, 9.17) is 10.00 Å². The normalized spacial score (nSPS) is 18.2. The molecule has 152 valence electrons. The number of benzene rings is 1. The van der Waals surface area contributed by atoms with E-state index in [1.54, 1.807) is 12.1 Å². The molecule has 3 rings (SSSR count). The number of nitriles is 1. The quantitative estimate of drug-likeness (QED) is 0.697. The molecular weight excluding hydrogens is 396 g/mol. The van der Waals surface area contributed by atoms with Gasteiger partial charge in [-0.05, 0) is 37.6 Å². The van der Waals surface area contributed by atoms with E-state index in [2.05, 4.69) is 16.7 Å². The summed E-state index contributed by atoms with van der Waals surface area (Å²) in [6, 6.07) is 5.97. The number of ether oxygens (including phenoxy) is 1. The molecule has 0 unspecified atom stereocenters. The highest BCUT2D eigenvalue weighted by Gasteiger charge is 2.32. The zero-order chi connectivity index (χ0) is 21.2. The second kappa shape index (κ2) is 8.14. The number of hydrogen-bond acceptors (Lipinski definition) is 7. The molecule has 29 heavy (non-hydrogen) atoms. The second-order valence-electron chi connectivity index (χ2n) is 6.89. The lowest BCUT2D eigenvalue weighted by molar-refractivity contribution is -0.309. The molecule has 0 aromatic heterocycles. The average Bonchev–Trinajstić information content (AvgIpc) is 2.91. The zero-order valence-electron chi connectivity index (χ0n) is 15.8. The zero-order valence-corrected chi connectivity index (χ0v) is 16.6. The summed E-state index contributed by atoms with van der Waals surface area (Å²) in [5.41, 5.74) is 4.04. The SMILES string of the molecule is C=C([NH3+])[C@@H](C#N)C(=O)COC(=O)c1ccc2c(c1)S(=O)(=O)N=C1CCCCCN12. The number of esters is 1. The molecule has 0 aliphatic carbocycles. The van der Waals surface area contributed by atoms with Crippen molar-refractivity contribution in [3.05, 3.63) is 36.0 Å². The molecule has 1 saturated heterocycles. The lowest BCUT2D eigenvalue weighted by Gasteiger charge is -2.29. The van der Waals surface area contributed by atoms with Crippen LogP contribution in [0.5, 0.6) is 0 Å². The van der Waals surface area contributed by atoms with E-state index in [0.717, 1.165) is 19.3 Å². The van der Waals surface area contributed by atoms with Crippen LogP contribution in [-0.2, 0) is 19.6 Å². The smallest absolute Gasteiger partial charge is 0.338 e. The van der Waals surface area contributed by atoms with Gasteiger partial charge in [0.1, 0.15) is 16.4 Å². The fraction of sp³-hybridized carbons (Fsp3) is 0.368. The van der Waals surface area contributed by atoms with Gasteiger partial charge in [0.05, 0.1) is 17.3 Å². The Morgan fingerprint density at radius 3 is 2.79 bits per heavy atom. The number of carbonyl (C=O) groups excluding carboxylic acids is 2. The Hall–Kier alpha value is -3.03. The Labute approximate surface area is 168 Å². The topological polar surface area (TPSA) is 145 Å². The number of Topliss-reactive ketones (excluding diaryl/α,β-unsaturated/α-hetero) is 1. The molecule has 0 saturated carbocycles. The van der Waals surface area contributed by atoms with Crippen molar-refractivity contribution in [3.8, 4) is 6.07 Å². The number of carbonyl (C=O) groups is 2. The summed E-state index contributed by atoms with van der Waals surface area (Å²) in [5.74, 6) is -2.16. The lowest BCUT2D eigenvalue weighted by atomic mass is 10.0. The first-order valence-electron chi connectivity index (χ1n) is 9.10. The molecule has 2 heterocycles. The van der Waals surface area contributed by atoms with Gasteiger partial charge in [0.15, 0.2) is 18.3 Å². The number of rotatable bonds is 5. The van der Waals surface area contributed by atoms with E-state index in [9.17, 15) is 18.0 Å². The van der Waals surface area contributed by atoms with Gasteiger partial charge in [0, 0.05) is 13.0 Å². The number of quaternary nitrogens is 1. The first-order chi connectivity index (χ1) is 13.7. The Bertz CT molecular complexity index is 1050. The molecule has 3 N–H and O–H groups in total. The maximum absolute atomic E-state index is 12.6.